The zero-order chi connectivity index (χ0) is 19.6. The number of hydrogen-bond donors (Lipinski definition) is 2. The summed E-state index contributed by atoms with van der Waals surface area (Å²) in [4.78, 5) is 4.42. The SMILES string of the molecule is NN1CCN=C1c1ccc(Cc2ccc(NS(=O)(=O)c3cccs3)cc2)cc1. The van der Waals surface area contributed by atoms with Crippen LogP contribution in [-0.4, -0.2) is 32.4 Å². The van der Waals surface area contributed by atoms with E-state index in [0.29, 0.717) is 9.90 Å². The fourth-order valence-electron chi connectivity index (χ4n) is 3.04. The quantitative estimate of drug-likeness (QED) is 0.609. The molecule has 3 aromatic rings. The smallest absolute Gasteiger partial charge is 0.271 e. The van der Waals surface area contributed by atoms with E-state index in [-0.39, 0.29) is 0 Å². The van der Waals surface area contributed by atoms with Gasteiger partial charge in [-0.2, -0.15) is 0 Å². The van der Waals surface area contributed by atoms with Crippen LogP contribution in [0.25, 0.3) is 0 Å². The number of aliphatic imine (C=N–C) groups is 1. The highest BCUT2D eigenvalue weighted by atomic mass is 32.2. The van der Waals surface area contributed by atoms with Crippen LogP contribution in [0.3, 0.4) is 0 Å². The molecule has 0 saturated heterocycles. The molecule has 0 spiro atoms. The first-order chi connectivity index (χ1) is 13.5. The molecular formula is C20H20N4O2S2. The largest absolute Gasteiger partial charge is 0.293 e. The number of benzene rings is 2. The van der Waals surface area contributed by atoms with Crippen molar-refractivity contribution < 1.29 is 8.42 Å². The monoisotopic (exact) mass is 412 g/mol. The minimum Gasteiger partial charge on any atom is -0.293 e. The first-order valence-corrected chi connectivity index (χ1v) is 11.2. The second-order valence-corrected chi connectivity index (χ2v) is 9.36. The molecular weight excluding hydrogens is 392 g/mol. The molecule has 0 amide bonds. The molecule has 1 aliphatic heterocycles. The van der Waals surface area contributed by atoms with Gasteiger partial charge in [0.25, 0.3) is 10.0 Å². The molecule has 8 heteroatoms. The Morgan fingerprint density at radius 3 is 2.29 bits per heavy atom. The molecule has 1 aromatic heterocycles. The molecule has 0 unspecified atom stereocenters. The number of thiophene rings is 1. The van der Waals surface area contributed by atoms with E-state index in [9.17, 15) is 8.42 Å². The Balaban J connectivity index is 1.42. The Morgan fingerprint density at radius 1 is 1.04 bits per heavy atom. The van der Waals surface area contributed by atoms with E-state index < -0.39 is 10.0 Å². The Kier molecular flexibility index (Phi) is 5.17. The van der Waals surface area contributed by atoms with E-state index >= 15 is 0 Å². The normalized spacial score (nSPS) is 14.2. The van der Waals surface area contributed by atoms with Crippen LogP contribution in [0.4, 0.5) is 5.69 Å². The lowest BCUT2D eigenvalue weighted by atomic mass is 10.0. The summed E-state index contributed by atoms with van der Waals surface area (Å²) in [5, 5.41) is 3.41. The standard InChI is InChI=1S/C20H20N4O2S2/c21-24-12-11-22-20(24)17-7-3-15(4-8-17)14-16-5-9-18(10-6-16)23-28(25,26)19-2-1-13-27-19/h1-10,13,23H,11-12,14,21H2. The van der Waals surface area contributed by atoms with Gasteiger partial charge in [-0.3, -0.25) is 14.7 Å². The van der Waals surface area contributed by atoms with Crippen molar-refractivity contribution in [3.05, 3.63) is 82.7 Å². The Labute approximate surface area is 168 Å². The Hall–Kier alpha value is -2.68. The van der Waals surface area contributed by atoms with Crippen molar-refractivity contribution in [2.45, 2.75) is 10.6 Å². The summed E-state index contributed by atoms with van der Waals surface area (Å²) < 4.78 is 27.5. The third-order valence-electron chi connectivity index (χ3n) is 4.46. The second kappa shape index (κ2) is 7.75. The lowest BCUT2D eigenvalue weighted by Crippen LogP contribution is -2.34. The molecule has 28 heavy (non-hydrogen) atoms. The molecule has 0 atom stereocenters. The van der Waals surface area contributed by atoms with Crippen LogP contribution >= 0.6 is 11.3 Å². The van der Waals surface area contributed by atoms with Crippen molar-refractivity contribution in [2.24, 2.45) is 10.8 Å². The highest BCUT2D eigenvalue weighted by molar-refractivity contribution is 7.94. The van der Waals surface area contributed by atoms with Gasteiger partial charge in [0, 0.05) is 11.3 Å². The summed E-state index contributed by atoms with van der Waals surface area (Å²) in [7, 11) is -3.52. The van der Waals surface area contributed by atoms with Gasteiger partial charge < -0.3 is 0 Å². The zero-order valence-electron chi connectivity index (χ0n) is 15.1. The summed E-state index contributed by atoms with van der Waals surface area (Å²) >= 11 is 1.19. The van der Waals surface area contributed by atoms with Crippen molar-refractivity contribution in [1.29, 1.82) is 0 Å². The van der Waals surface area contributed by atoms with E-state index in [1.807, 2.05) is 24.3 Å². The zero-order valence-corrected chi connectivity index (χ0v) is 16.7. The summed E-state index contributed by atoms with van der Waals surface area (Å²) in [5.74, 6) is 6.74. The molecule has 144 valence electrons. The Bertz CT molecular complexity index is 1070. The van der Waals surface area contributed by atoms with Gasteiger partial charge in [-0.25, -0.2) is 14.3 Å². The number of sulfonamides is 1. The molecule has 0 radical (unpaired) electrons. The van der Waals surface area contributed by atoms with E-state index in [4.69, 9.17) is 5.84 Å². The van der Waals surface area contributed by atoms with E-state index in [1.54, 1.807) is 34.7 Å². The number of nitrogens with one attached hydrogen (secondary N) is 1. The van der Waals surface area contributed by atoms with Crippen LogP contribution in [0.5, 0.6) is 0 Å². The van der Waals surface area contributed by atoms with Crippen LogP contribution in [-0.2, 0) is 16.4 Å². The Morgan fingerprint density at radius 2 is 1.71 bits per heavy atom. The van der Waals surface area contributed by atoms with Gasteiger partial charge in [0.2, 0.25) is 0 Å². The second-order valence-electron chi connectivity index (χ2n) is 6.51. The highest BCUT2D eigenvalue weighted by Crippen LogP contribution is 2.21. The van der Waals surface area contributed by atoms with Gasteiger partial charge >= 0.3 is 0 Å². The number of hydrazine groups is 1. The minimum absolute atomic E-state index is 0.305. The summed E-state index contributed by atoms with van der Waals surface area (Å²) in [6.07, 6.45) is 0.761. The van der Waals surface area contributed by atoms with Crippen molar-refractivity contribution in [3.8, 4) is 0 Å². The van der Waals surface area contributed by atoms with Crippen LogP contribution in [0.1, 0.15) is 16.7 Å². The summed E-state index contributed by atoms with van der Waals surface area (Å²) in [5.41, 5.74) is 3.83. The van der Waals surface area contributed by atoms with Crippen LogP contribution in [0.15, 0.2) is 75.2 Å². The lowest BCUT2D eigenvalue weighted by molar-refractivity contribution is 0.484. The van der Waals surface area contributed by atoms with E-state index in [0.717, 1.165) is 42.0 Å². The molecule has 4 rings (SSSR count). The van der Waals surface area contributed by atoms with Crippen molar-refractivity contribution in [1.82, 2.24) is 5.01 Å². The van der Waals surface area contributed by atoms with Gasteiger partial charge in [-0.1, -0.05) is 42.5 Å². The van der Waals surface area contributed by atoms with Gasteiger partial charge in [-0.05, 0) is 41.1 Å². The number of amidine groups is 1. The molecule has 0 aliphatic carbocycles. The van der Waals surface area contributed by atoms with E-state index in [1.165, 1.54) is 11.3 Å². The third-order valence-corrected chi connectivity index (χ3v) is 7.24. The van der Waals surface area contributed by atoms with Crippen LogP contribution < -0.4 is 10.6 Å². The molecule has 1 aliphatic rings. The topological polar surface area (TPSA) is 87.8 Å². The average molecular weight is 413 g/mol. The number of anilines is 1. The van der Waals surface area contributed by atoms with E-state index in [2.05, 4.69) is 21.8 Å². The average Bonchev–Trinajstić information content (AvgIpc) is 3.36. The maximum absolute atomic E-state index is 12.3. The minimum atomic E-state index is -3.52. The summed E-state index contributed by atoms with van der Waals surface area (Å²) in [6.45, 7) is 1.48. The maximum Gasteiger partial charge on any atom is 0.271 e. The predicted octanol–water partition coefficient (Wildman–Crippen LogP) is 3.08. The lowest BCUT2D eigenvalue weighted by Gasteiger charge is -2.13. The molecule has 0 fully saturated rings. The highest BCUT2D eigenvalue weighted by Gasteiger charge is 2.16. The fraction of sp³-hybridized carbons (Fsp3) is 0.150. The molecule has 0 saturated carbocycles. The summed E-state index contributed by atoms with van der Waals surface area (Å²) in [6, 6.07) is 18.9. The third kappa shape index (κ3) is 4.09. The van der Waals surface area contributed by atoms with Gasteiger partial charge in [-0.15, -0.1) is 11.3 Å². The van der Waals surface area contributed by atoms with Crippen LogP contribution in [0, 0.1) is 0 Å². The van der Waals surface area contributed by atoms with Gasteiger partial charge in [0.05, 0.1) is 13.1 Å². The molecule has 2 aromatic carbocycles. The molecule has 6 nitrogen and oxygen atoms in total. The molecule has 0 bridgehead atoms. The molecule has 3 N–H and O–H groups in total. The first kappa shape index (κ1) is 18.7. The predicted molar refractivity (Wildman–Crippen MR) is 113 cm³/mol. The van der Waals surface area contributed by atoms with Crippen molar-refractivity contribution in [2.75, 3.05) is 17.8 Å². The number of rotatable bonds is 6. The number of nitrogens with two attached hydrogens (primary N) is 1. The number of hydrogen-bond acceptors (Lipinski definition) is 6. The maximum atomic E-state index is 12.3. The number of nitrogens with zero attached hydrogens (tertiary/aromatic N) is 2. The fourth-order valence-corrected chi connectivity index (χ4v) is 5.09. The first-order valence-electron chi connectivity index (χ1n) is 8.82. The van der Waals surface area contributed by atoms with Crippen molar-refractivity contribution in [3.63, 3.8) is 0 Å². The molecule has 2 heterocycles. The van der Waals surface area contributed by atoms with Gasteiger partial charge in [0.1, 0.15) is 10.0 Å². The van der Waals surface area contributed by atoms with Gasteiger partial charge in [0.15, 0.2) is 0 Å². The van der Waals surface area contributed by atoms with Crippen LogP contribution in [0.2, 0.25) is 0 Å². The van der Waals surface area contributed by atoms with Crippen molar-refractivity contribution >= 4 is 32.9 Å².